The molecule has 3 heteroatoms. The van der Waals surface area contributed by atoms with E-state index in [4.69, 9.17) is 9.47 Å². The molecule has 27 heavy (non-hydrogen) atoms. The molecule has 1 unspecified atom stereocenters. The first-order valence-electron chi connectivity index (χ1n) is 9.98. The third-order valence-electron chi connectivity index (χ3n) is 5.30. The maximum absolute atomic E-state index is 12.7. The van der Waals surface area contributed by atoms with Crippen LogP contribution in [-0.2, 0) is 28.8 Å². The van der Waals surface area contributed by atoms with Crippen LogP contribution < -0.4 is 4.74 Å². The Labute approximate surface area is 162 Å². The lowest BCUT2D eigenvalue weighted by molar-refractivity contribution is -0.160. The molecule has 3 rings (SSSR count). The van der Waals surface area contributed by atoms with E-state index < -0.39 is 5.60 Å². The Kier molecular flexibility index (Phi) is 5.88. The number of fused-ring (bicyclic) bond motifs is 1. The standard InChI is InChI=1S/C24H30O3/c1-5-26-23(25)24(4,27-22-13-11-19(12-14-22)17(2)3)16-18-9-10-20-7-6-8-21(20)15-18/h9-15,17H,5-8,16H2,1-4H3. The fraction of sp³-hybridized carbons (Fsp3) is 0.458. The Morgan fingerprint density at radius 2 is 1.78 bits per heavy atom. The van der Waals surface area contributed by atoms with Crippen LogP contribution in [0.25, 0.3) is 0 Å². The molecule has 2 aromatic rings. The third kappa shape index (κ3) is 4.52. The largest absolute Gasteiger partial charge is 0.476 e. The van der Waals surface area contributed by atoms with Crippen molar-refractivity contribution in [3.63, 3.8) is 0 Å². The molecule has 0 N–H and O–H groups in total. The van der Waals surface area contributed by atoms with Crippen molar-refractivity contribution >= 4 is 5.97 Å². The van der Waals surface area contributed by atoms with E-state index in [9.17, 15) is 4.79 Å². The summed E-state index contributed by atoms with van der Waals surface area (Å²) in [4.78, 5) is 12.7. The van der Waals surface area contributed by atoms with Gasteiger partial charge in [-0.2, -0.15) is 0 Å². The van der Waals surface area contributed by atoms with Crippen molar-refractivity contribution < 1.29 is 14.3 Å². The van der Waals surface area contributed by atoms with Crippen LogP contribution >= 0.6 is 0 Å². The van der Waals surface area contributed by atoms with Gasteiger partial charge in [-0.15, -0.1) is 0 Å². The molecular weight excluding hydrogens is 336 g/mol. The molecule has 144 valence electrons. The Hall–Kier alpha value is -2.29. The van der Waals surface area contributed by atoms with Gasteiger partial charge in [0.05, 0.1) is 6.61 Å². The van der Waals surface area contributed by atoms with Crippen molar-refractivity contribution in [3.05, 3.63) is 64.7 Å². The lowest BCUT2D eigenvalue weighted by Crippen LogP contribution is -2.45. The minimum Gasteiger partial charge on any atom is -0.476 e. The number of ether oxygens (including phenoxy) is 2. The summed E-state index contributed by atoms with van der Waals surface area (Å²) >= 11 is 0. The average Bonchev–Trinajstić information content (AvgIpc) is 3.10. The molecule has 1 aliphatic rings. The van der Waals surface area contributed by atoms with Crippen molar-refractivity contribution in [2.75, 3.05) is 6.61 Å². The van der Waals surface area contributed by atoms with Crippen molar-refractivity contribution in [2.45, 2.75) is 64.9 Å². The van der Waals surface area contributed by atoms with Gasteiger partial charge in [0.25, 0.3) is 0 Å². The van der Waals surface area contributed by atoms with Crippen LogP contribution in [0.3, 0.4) is 0 Å². The zero-order valence-electron chi connectivity index (χ0n) is 16.9. The molecule has 0 saturated heterocycles. The normalized spacial score (nSPS) is 15.3. The smallest absolute Gasteiger partial charge is 0.350 e. The fourth-order valence-corrected chi connectivity index (χ4v) is 3.74. The summed E-state index contributed by atoms with van der Waals surface area (Å²) < 4.78 is 11.5. The summed E-state index contributed by atoms with van der Waals surface area (Å²) in [5.41, 5.74) is 4.15. The maximum atomic E-state index is 12.7. The fourth-order valence-electron chi connectivity index (χ4n) is 3.74. The van der Waals surface area contributed by atoms with Crippen LogP contribution in [-0.4, -0.2) is 18.2 Å². The Bertz CT molecular complexity index is 792. The molecule has 0 aromatic heterocycles. The molecule has 0 spiro atoms. The SMILES string of the molecule is CCOC(=O)C(C)(Cc1ccc2c(c1)CCC2)Oc1ccc(C(C)C)cc1. The highest BCUT2D eigenvalue weighted by atomic mass is 16.6. The van der Waals surface area contributed by atoms with Crippen molar-refractivity contribution in [1.82, 2.24) is 0 Å². The number of aryl methyl sites for hydroxylation is 2. The van der Waals surface area contributed by atoms with Gasteiger partial charge in [0.15, 0.2) is 0 Å². The zero-order valence-corrected chi connectivity index (χ0v) is 16.9. The monoisotopic (exact) mass is 366 g/mol. The zero-order chi connectivity index (χ0) is 19.4. The molecule has 0 radical (unpaired) electrons. The molecule has 0 bridgehead atoms. The highest BCUT2D eigenvalue weighted by Crippen LogP contribution is 2.28. The van der Waals surface area contributed by atoms with E-state index in [2.05, 4.69) is 44.2 Å². The predicted molar refractivity (Wildman–Crippen MR) is 108 cm³/mol. The van der Waals surface area contributed by atoms with E-state index in [1.807, 2.05) is 26.0 Å². The Morgan fingerprint density at radius 1 is 1.07 bits per heavy atom. The van der Waals surface area contributed by atoms with Gasteiger partial charge in [-0.25, -0.2) is 4.79 Å². The number of carbonyl (C=O) groups is 1. The van der Waals surface area contributed by atoms with Crippen LogP contribution in [0.2, 0.25) is 0 Å². The Morgan fingerprint density at radius 3 is 2.44 bits per heavy atom. The van der Waals surface area contributed by atoms with E-state index in [1.54, 1.807) is 0 Å². The highest BCUT2D eigenvalue weighted by molar-refractivity contribution is 5.80. The molecular formula is C24H30O3. The van der Waals surface area contributed by atoms with Gasteiger partial charge >= 0.3 is 5.97 Å². The van der Waals surface area contributed by atoms with Gasteiger partial charge in [0.1, 0.15) is 5.75 Å². The number of hydrogen-bond acceptors (Lipinski definition) is 3. The second-order valence-corrected chi connectivity index (χ2v) is 7.91. The summed E-state index contributed by atoms with van der Waals surface area (Å²) in [5.74, 6) is 0.830. The van der Waals surface area contributed by atoms with Crippen molar-refractivity contribution in [1.29, 1.82) is 0 Å². The van der Waals surface area contributed by atoms with Crippen LogP contribution in [0.5, 0.6) is 5.75 Å². The molecule has 0 amide bonds. The molecule has 1 atom stereocenters. The van der Waals surface area contributed by atoms with Crippen LogP contribution in [0.15, 0.2) is 42.5 Å². The number of hydrogen-bond donors (Lipinski definition) is 0. The average molecular weight is 367 g/mol. The van der Waals surface area contributed by atoms with Gasteiger partial charge < -0.3 is 9.47 Å². The molecule has 0 heterocycles. The topological polar surface area (TPSA) is 35.5 Å². The number of rotatable bonds is 7. The van der Waals surface area contributed by atoms with Gasteiger partial charge in [-0.05, 0) is 73.4 Å². The van der Waals surface area contributed by atoms with E-state index >= 15 is 0 Å². The summed E-state index contributed by atoms with van der Waals surface area (Å²) in [6, 6.07) is 14.5. The van der Waals surface area contributed by atoms with Crippen LogP contribution in [0.4, 0.5) is 0 Å². The summed E-state index contributed by atoms with van der Waals surface area (Å²) in [7, 11) is 0. The molecule has 0 fully saturated rings. The predicted octanol–water partition coefficient (Wildman–Crippen LogP) is 5.24. The van der Waals surface area contributed by atoms with Crippen LogP contribution in [0, 0.1) is 0 Å². The third-order valence-corrected chi connectivity index (χ3v) is 5.30. The minimum atomic E-state index is -1.05. The van der Waals surface area contributed by atoms with Gasteiger partial charge in [-0.3, -0.25) is 0 Å². The number of carbonyl (C=O) groups excluding carboxylic acids is 1. The lowest BCUT2D eigenvalue weighted by atomic mass is 9.94. The van der Waals surface area contributed by atoms with Crippen LogP contribution in [0.1, 0.15) is 62.3 Å². The van der Waals surface area contributed by atoms with Crippen molar-refractivity contribution in [2.24, 2.45) is 0 Å². The summed E-state index contributed by atoms with van der Waals surface area (Å²) in [6.45, 7) is 8.31. The number of esters is 1. The van der Waals surface area contributed by atoms with Gasteiger partial charge in [0.2, 0.25) is 5.60 Å². The maximum Gasteiger partial charge on any atom is 0.350 e. The first-order valence-corrected chi connectivity index (χ1v) is 9.98. The first-order chi connectivity index (χ1) is 12.9. The molecule has 0 aliphatic heterocycles. The van der Waals surface area contributed by atoms with E-state index in [-0.39, 0.29) is 5.97 Å². The second kappa shape index (κ2) is 8.16. The molecule has 1 aliphatic carbocycles. The lowest BCUT2D eigenvalue weighted by Gasteiger charge is -2.29. The van der Waals surface area contributed by atoms with E-state index in [0.717, 1.165) is 18.4 Å². The summed E-state index contributed by atoms with van der Waals surface area (Å²) in [5, 5.41) is 0. The Balaban J connectivity index is 1.83. The van der Waals surface area contributed by atoms with E-state index in [0.29, 0.717) is 24.7 Å². The first kappa shape index (κ1) is 19.5. The second-order valence-electron chi connectivity index (χ2n) is 7.91. The van der Waals surface area contributed by atoms with E-state index in [1.165, 1.54) is 23.1 Å². The highest BCUT2D eigenvalue weighted by Gasteiger charge is 2.38. The molecule has 2 aromatic carbocycles. The van der Waals surface area contributed by atoms with Gasteiger partial charge in [0, 0.05) is 6.42 Å². The van der Waals surface area contributed by atoms with Gasteiger partial charge in [-0.1, -0.05) is 44.2 Å². The molecule has 0 saturated carbocycles. The quantitative estimate of drug-likeness (QED) is 0.629. The minimum absolute atomic E-state index is 0.321. The number of benzene rings is 2. The van der Waals surface area contributed by atoms with Crippen molar-refractivity contribution in [3.8, 4) is 5.75 Å². The summed E-state index contributed by atoms with van der Waals surface area (Å²) in [6.07, 6.45) is 3.98. The molecule has 3 nitrogen and oxygen atoms in total.